The lowest BCUT2D eigenvalue weighted by Gasteiger charge is -2.43. The van der Waals surface area contributed by atoms with Crippen LogP contribution in [-0.4, -0.2) is 20.7 Å². The van der Waals surface area contributed by atoms with Crippen molar-refractivity contribution in [1.29, 1.82) is 0 Å². The molecular formula is C40H41O3PSi. The number of benzene rings is 5. The predicted molar refractivity (Wildman–Crippen MR) is 192 cm³/mol. The molecule has 0 heterocycles. The summed E-state index contributed by atoms with van der Waals surface area (Å²) in [7, 11) is -6.26. The Bertz CT molecular complexity index is 1700. The molecule has 0 aromatic heterocycles. The molecule has 0 aliphatic carbocycles. The van der Waals surface area contributed by atoms with E-state index in [-0.39, 0.29) is 17.4 Å². The molecule has 0 aliphatic rings. The fraction of sp³-hybridized carbons (Fsp3) is 0.175. The van der Waals surface area contributed by atoms with Crippen LogP contribution in [0, 0.1) is 5.92 Å². The third-order valence-electron chi connectivity index (χ3n) is 8.41. The number of hydrogen-bond acceptors (Lipinski definition) is 3. The van der Waals surface area contributed by atoms with Gasteiger partial charge >= 0.3 is 0 Å². The number of rotatable bonds is 11. The van der Waals surface area contributed by atoms with Gasteiger partial charge in [0, 0.05) is 28.1 Å². The zero-order valence-electron chi connectivity index (χ0n) is 26.5. The summed E-state index contributed by atoms with van der Waals surface area (Å²) in [4.78, 5) is 14.7. The highest BCUT2D eigenvalue weighted by atomic mass is 31.2. The first-order valence-corrected chi connectivity index (χ1v) is 19.1. The molecule has 45 heavy (non-hydrogen) atoms. The summed E-state index contributed by atoms with van der Waals surface area (Å²) in [6.45, 7) is 8.82. The summed E-state index contributed by atoms with van der Waals surface area (Å²) in [6, 6.07) is 47.3. The summed E-state index contributed by atoms with van der Waals surface area (Å²) in [5.41, 5.74) is 0.461. The van der Waals surface area contributed by atoms with Gasteiger partial charge in [-0.1, -0.05) is 179 Å². The van der Waals surface area contributed by atoms with Gasteiger partial charge in [-0.05, 0) is 22.3 Å². The molecule has 5 aromatic carbocycles. The Hall–Kier alpha value is -4.08. The molecule has 5 aromatic rings. The molecule has 0 unspecified atom stereocenters. The second-order valence-corrected chi connectivity index (χ2v) is 19.3. The summed E-state index contributed by atoms with van der Waals surface area (Å²) in [6.07, 6.45) is 3.83. The molecule has 5 rings (SSSR count). The quantitative estimate of drug-likeness (QED) is 0.0669. The van der Waals surface area contributed by atoms with Crippen LogP contribution in [0.2, 0.25) is 5.04 Å². The van der Waals surface area contributed by atoms with E-state index in [0.29, 0.717) is 21.5 Å². The number of ketones is 1. The van der Waals surface area contributed by atoms with Crippen molar-refractivity contribution in [2.45, 2.75) is 32.7 Å². The molecule has 0 bridgehead atoms. The molecule has 0 N–H and O–H groups in total. The van der Waals surface area contributed by atoms with Crippen LogP contribution in [-0.2, 0) is 8.99 Å². The Morgan fingerprint density at radius 2 is 1.11 bits per heavy atom. The molecule has 5 heteroatoms. The number of carbonyl (C=O) groups is 1. The van der Waals surface area contributed by atoms with Crippen LogP contribution in [0.15, 0.2) is 158 Å². The van der Waals surface area contributed by atoms with E-state index in [2.05, 4.69) is 69.3 Å². The highest BCUT2D eigenvalue weighted by molar-refractivity contribution is 7.85. The summed E-state index contributed by atoms with van der Waals surface area (Å²) >= 11 is 0. The molecule has 0 amide bonds. The highest BCUT2D eigenvalue weighted by Gasteiger charge is 2.50. The van der Waals surface area contributed by atoms with Gasteiger partial charge in [0.25, 0.3) is 8.32 Å². The third kappa shape index (κ3) is 6.37. The maximum atomic E-state index is 15.3. The fourth-order valence-electron chi connectivity index (χ4n) is 6.29. The molecule has 228 valence electrons. The van der Waals surface area contributed by atoms with Crippen LogP contribution in [0.3, 0.4) is 0 Å². The SMILES string of the molecule is C/C=C/[C@@H](CO[Si](c1ccccc1)(c1ccccc1)C(C)(C)C)C(=O)c1ccccc1P(=O)(c1ccccc1)c1ccccc1. The number of allylic oxidation sites excluding steroid dienone is 1. The van der Waals surface area contributed by atoms with Gasteiger partial charge in [0.15, 0.2) is 12.9 Å². The molecular weight excluding hydrogens is 587 g/mol. The standard InChI is InChI=1S/C40H41O3PSi/c1-5-20-32(31-43-45(40(2,3)4,35-25-14-8-15-26-35)36-27-16-9-17-28-36)39(41)37-29-18-19-30-38(37)44(42,33-21-10-6-11-22-33)34-23-12-7-13-24-34/h5-30,32H,31H2,1-4H3/b20-5+/t32-/m0/s1. The van der Waals surface area contributed by atoms with Crippen molar-refractivity contribution >= 4 is 47.5 Å². The van der Waals surface area contributed by atoms with Crippen molar-refractivity contribution in [2.75, 3.05) is 6.61 Å². The first-order valence-electron chi connectivity index (χ1n) is 15.5. The van der Waals surface area contributed by atoms with E-state index in [0.717, 1.165) is 10.4 Å². The number of carbonyl (C=O) groups excluding carboxylic acids is 1. The van der Waals surface area contributed by atoms with E-state index in [4.69, 9.17) is 4.43 Å². The normalized spacial score (nSPS) is 13.1. The maximum Gasteiger partial charge on any atom is 0.261 e. The van der Waals surface area contributed by atoms with Gasteiger partial charge in [0.2, 0.25) is 0 Å². The minimum absolute atomic E-state index is 0.103. The summed E-state index contributed by atoms with van der Waals surface area (Å²) < 4.78 is 22.6. The number of hydrogen-bond donors (Lipinski definition) is 0. The van der Waals surface area contributed by atoms with Crippen LogP contribution in [0.5, 0.6) is 0 Å². The molecule has 0 radical (unpaired) electrons. The van der Waals surface area contributed by atoms with Gasteiger partial charge in [-0.3, -0.25) is 4.79 Å². The molecule has 3 nitrogen and oxygen atoms in total. The maximum absolute atomic E-state index is 15.3. The van der Waals surface area contributed by atoms with Gasteiger partial charge < -0.3 is 8.99 Å². The summed E-state index contributed by atoms with van der Waals surface area (Å²) in [5, 5.41) is 4.03. The van der Waals surface area contributed by atoms with E-state index >= 15 is 4.57 Å². The van der Waals surface area contributed by atoms with Gasteiger partial charge in [-0.15, -0.1) is 0 Å². The fourth-order valence-corrected chi connectivity index (χ4v) is 13.7. The first-order chi connectivity index (χ1) is 21.7. The molecule has 0 saturated heterocycles. The van der Waals surface area contributed by atoms with Crippen LogP contribution in [0.1, 0.15) is 38.1 Å². The Labute approximate surface area is 269 Å². The van der Waals surface area contributed by atoms with Crippen LogP contribution < -0.4 is 26.3 Å². The van der Waals surface area contributed by atoms with E-state index in [1.165, 1.54) is 0 Å². The van der Waals surface area contributed by atoms with Crippen molar-refractivity contribution in [3.8, 4) is 0 Å². The van der Waals surface area contributed by atoms with Gasteiger partial charge in [-0.25, -0.2) is 0 Å². The van der Waals surface area contributed by atoms with Crippen molar-refractivity contribution in [3.05, 3.63) is 163 Å². The van der Waals surface area contributed by atoms with E-state index in [1.807, 2.05) is 116 Å². The molecule has 0 fully saturated rings. The third-order valence-corrected chi connectivity index (χ3v) is 16.5. The minimum atomic E-state index is -3.38. The Balaban J connectivity index is 1.61. The average Bonchev–Trinajstić information content (AvgIpc) is 3.08. The predicted octanol–water partition coefficient (Wildman–Crippen LogP) is 7.28. The monoisotopic (exact) mass is 628 g/mol. The van der Waals surface area contributed by atoms with Crippen molar-refractivity contribution < 1.29 is 13.8 Å². The van der Waals surface area contributed by atoms with Crippen LogP contribution in [0.4, 0.5) is 0 Å². The van der Waals surface area contributed by atoms with Crippen LogP contribution >= 0.6 is 7.14 Å². The topological polar surface area (TPSA) is 43.4 Å². The van der Waals surface area contributed by atoms with Crippen LogP contribution in [0.25, 0.3) is 0 Å². The largest absolute Gasteiger partial charge is 0.406 e. The lowest BCUT2D eigenvalue weighted by atomic mass is 9.98. The molecule has 0 spiro atoms. The summed E-state index contributed by atoms with van der Waals surface area (Å²) in [5.74, 6) is -0.675. The lowest BCUT2D eigenvalue weighted by molar-refractivity contribution is 0.0907. The lowest BCUT2D eigenvalue weighted by Crippen LogP contribution is -2.67. The van der Waals surface area contributed by atoms with Crippen molar-refractivity contribution in [2.24, 2.45) is 5.92 Å². The second-order valence-electron chi connectivity index (χ2n) is 12.3. The van der Waals surface area contributed by atoms with Gasteiger partial charge in [-0.2, -0.15) is 0 Å². The van der Waals surface area contributed by atoms with Gasteiger partial charge in [0.1, 0.15) is 0 Å². The zero-order valence-corrected chi connectivity index (χ0v) is 28.4. The first kappa shape index (κ1) is 32.3. The van der Waals surface area contributed by atoms with E-state index in [1.54, 1.807) is 0 Å². The molecule has 0 aliphatic heterocycles. The average molecular weight is 629 g/mol. The number of Topliss-reactive ketones (excluding diaryl/α,β-unsaturated/α-hetero) is 1. The smallest absolute Gasteiger partial charge is 0.261 e. The molecule has 1 atom stereocenters. The van der Waals surface area contributed by atoms with E-state index in [9.17, 15) is 4.79 Å². The van der Waals surface area contributed by atoms with E-state index < -0.39 is 21.4 Å². The minimum Gasteiger partial charge on any atom is -0.406 e. The Morgan fingerprint density at radius 3 is 1.56 bits per heavy atom. The molecule has 0 saturated carbocycles. The van der Waals surface area contributed by atoms with Crippen molar-refractivity contribution in [3.63, 3.8) is 0 Å². The van der Waals surface area contributed by atoms with Crippen molar-refractivity contribution in [1.82, 2.24) is 0 Å². The Morgan fingerprint density at radius 1 is 0.689 bits per heavy atom. The zero-order chi connectivity index (χ0) is 31.9. The van der Waals surface area contributed by atoms with Gasteiger partial charge in [0.05, 0.1) is 5.92 Å². The highest BCUT2D eigenvalue weighted by Crippen LogP contribution is 2.44. The Kier molecular flexibility index (Phi) is 9.99. The second kappa shape index (κ2) is 13.9.